The minimum absolute atomic E-state index is 0.205. The van der Waals surface area contributed by atoms with Crippen molar-refractivity contribution in [2.45, 2.75) is 43.5 Å². The molecule has 2 aromatic carbocycles. The van der Waals surface area contributed by atoms with E-state index in [4.69, 9.17) is 0 Å². The van der Waals surface area contributed by atoms with E-state index in [9.17, 15) is 18.0 Å². The molecule has 1 saturated heterocycles. The highest BCUT2D eigenvalue weighted by Gasteiger charge is 2.33. The molecule has 1 heterocycles. The van der Waals surface area contributed by atoms with Gasteiger partial charge < -0.3 is 10.6 Å². The molecule has 1 fully saturated rings. The van der Waals surface area contributed by atoms with Crippen LogP contribution in [0.2, 0.25) is 0 Å². The van der Waals surface area contributed by atoms with Crippen molar-refractivity contribution in [1.82, 2.24) is 9.62 Å². The van der Waals surface area contributed by atoms with E-state index in [1.165, 1.54) is 4.31 Å². The van der Waals surface area contributed by atoms with Crippen molar-refractivity contribution in [3.8, 4) is 0 Å². The molecule has 0 spiro atoms. The summed E-state index contributed by atoms with van der Waals surface area (Å²) >= 11 is 0. The van der Waals surface area contributed by atoms with Gasteiger partial charge in [-0.15, -0.1) is 0 Å². The SMILES string of the molecule is Cc1cccc(NC(=O)C(=O)NCCC2CCCCN2S(=O)(=O)c2ccccc2)c1. The zero-order valence-electron chi connectivity index (χ0n) is 17.0. The molecule has 1 unspecified atom stereocenters. The van der Waals surface area contributed by atoms with Gasteiger partial charge in [0.1, 0.15) is 0 Å². The zero-order valence-corrected chi connectivity index (χ0v) is 17.8. The van der Waals surface area contributed by atoms with Crippen LogP contribution in [0.4, 0.5) is 5.69 Å². The Morgan fingerprint density at radius 3 is 2.53 bits per heavy atom. The van der Waals surface area contributed by atoms with Crippen LogP contribution in [0.15, 0.2) is 59.5 Å². The first-order valence-electron chi connectivity index (χ1n) is 10.1. The number of piperidine rings is 1. The summed E-state index contributed by atoms with van der Waals surface area (Å²) in [7, 11) is -3.58. The second kappa shape index (κ2) is 9.86. The van der Waals surface area contributed by atoms with Gasteiger partial charge in [-0.2, -0.15) is 4.31 Å². The largest absolute Gasteiger partial charge is 0.348 e. The van der Waals surface area contributed by atoms with Crippen LogP contribution < -0.4 is 10.6 Å². The first-order valence-corrected chi connectivity index (χ1v) is 11.5. The van der Waals surface area contributed by atoms with Crippen LogP contribution in [0, 0.1) is 6.92 Å². The third kappa shape index (κ3) is 5.46. The highest BCUT2D eigenvalue weighted by atomic mass is 32.2. The molecule has 1 atom stereocenters. The molecule has 2 amide bonds. The molecule has 2 aromatic rings. The quantitative estimate of drug-likeness (QED) is 0.690. The summed E-state index contributed by atoms with van der Waals surface area (Å²) in [6.45, 7) is 2.59. The molecular weight excluding hydrogens is 402 g/mol. The van der Waals surface area contributed by atoms with Crippen LogP contribution in [0.1, 0.15) is 31.2 Å². The van der Waals surface area contributed by atoms with Crippen LogP contribution >= 0.6 is 0 Å². The van der Waals surface area contributed by atoms with Crippen LogP contribution in [0.25, 0.3) is 0 Å². The number of hydrogen-bond acceptors (Lipinski definition) is 4. The Morgan fingerprint density at radius 1 is 1.03 bits per heavy atom. The lowest BCUT2D eigenvalue weighted by molar-refractivity contribution is -0.136. The molecular formula is C22H27N3O4S. The molecule has 1 aliphatic heterocycles. The van der Waals surface area contributed by atoms with Gasteiger partial charge in [0.05, 0.1) is 4.90 Å². The lowest BCUT2D eigenvalue weighted by Gasteiger charge is -2.34. The predicted octanol–water partition coefficient (Wildman–Crippen LogP) is 2.68. The van der Waals surface area contributed by atoms with Crippen molar-refractivity contribution < 1.29 is 18.0 Å². The van der Waals surface area contributed by atoms with Crippen molar-refractivity contribution in [2.75, 3.05) is 18.4 Å². The van der Waals surface area contributed by atoms with Crippen LogP contribution in [0.5, 0.6) is 0 Å². The number of sulfonamides is 1. The maximum atomic E-state index is 13.0. The summed E-state index contributed by atoms with van der Waals surface area (Å²) in [5.41, 5.74) is 1.53. The maximum absolute atomic E-state index is 13.0. The van der Waals surface area contributed by atoms with E-state index < -0.39 is 21.8 Å². The smallest absolute Gasteiger partial charge is 0.313 e. The van der Waals surface area contributed by atoms with Crippen molar-refractivity contribution in [2.24, 2.45) is 0 Å². The zero-order chi connectivity index (χ0) is 21.6. The van der Waals surface area contributed by atoms with Gasteiger partial charge in [0.25, 0.3) is 0 Å². The van der Waals surface area contributed by atoms with Crippen LogP contribution in [-0.2, 0) is 19.6 Å². The fraction of sp³-hybridized carbons (Fsp3) is 0.364. The molecule has 8 heteroatoms. The lowest BCUT2D eigenvalue weighted by atomic mass is 10.0. The Balaban J connectivity index is 1.56. The second-order valence-electron chi connectivity index (χ2n) is 7.45. The van der Waals surface area contributed by atoms with Crippen molar-refractivity contribution in [3.63, 3.8) is 0 Å². The number of amides is 2. The van der Waals surface area contributed by atoms with E-state index in [1.54, 1.807) is 48.5 Å². The van der Waals surface area contributed by atoms with E-state index in [0.717, 1.165) is 24.8 Å². The number of nitrogens with one attached hydrogen (secondary N) is 2. The summed E-state index contributed by atoms with van der Waals surface area (Å²) < 4.78 is 27.5. The average molecular weight is 430 g/mol. The van der Waals surface area contributed by atoms with Crippen molar-refractivity contribution in [1.29, 1.82) is 0 Å². The average Bonchev–Trinajstić information content (AvgIpc) is 2.74. The Kier molecular flexibility index (Phi) is 7.23. The standard InChI is InChI=1S/C22H27N3O4S/c1-17-8-7-9-18(16-17)24-22(27)21(26)23-14-13-19-10-5-6-15-25(19)30(28,29)20-11-3-2-4-12-20/h2-4,7-9,11-12,16,19H,5-6,10,13-15H2,1H3,(H,23,26)(H,24,27). The number of carbonyl (C=O) groups excluding carboxylic acids is 2. The maximum Gasteiger partial charge on any atom is 0.313 e. The van der Waals surface area contributed by atoms with E-state index in [0.29, 0.717) is 18.7 Å². The van der Waals surface area contributed by atoms with Gasteiger partial charge in [0.2, 0.25) is 10.0 Å². The highest BCUT2D eigenvalue weighted by molar-refractivity contribution is 7.89. The van der Waals surface area contributed by atoms with Gasteiger partial charge in [-0.25, -0.2) is 8.42 Å². The number of anilines is 1. The number of rotatable bonds is 6. The van der Waals surface area contributed by atoms with Gasteiger partial charge in [-0.3, -0.25) is 9.59 Å². The number of aryl methyl sites for hydroxylation is 1. The van der Waals surface area contributed by atoms with E-state index in [-0.39, 0.29) is 17.5 Å². The fourth-order valence-corrected chi connectivity index (χ4v) is 5.39. The second-order valence-corrected chi connectivity index (χ2v) is 9.34. The topological polar surface area (TPSA) is 95.6 Å². The Hall–Kier alpha value is -2.71. The first kappa shape index (κ1) is 22.0. The number of nitrogens with zero attached hydrogens (tertiary/aromatic N) is 1. The minimum Gasteiger partial charge on any atom is -0.348 e. The normalized spacial score (nSPS) is 17.3. The number of carbonyl (C=O) groups is 2. The number of benzene rings is 2. The lowest BCUT2D eigenvalue weighted by Crippen LogP contribution is -2.45. The van der Waals surface area contributed by atoms with E-state index in [1.807, 2.05) is 13.0 Å². The summed E-state index contributed by atoms with van der Waals surface area (Å²) in [5, 5.41) is 5.17. The van der Waals surface area contributed by atoms with E-state index in [2.05, 4.69) is 10.6 Å². The summed E-state index contributed by atoms with van der Waals surface area (Å²) in [4.78, 5) is 24.5. The molecule has 0 aliphatic carbocycles. The van der Waals surface area contributed by atoms with Gasteiger partial charge in [-0.05, 0) is 56.0 Å². The predicted molar refractivity (Wildman–Crippen MR) is 115 cm³/mol. The van der Waals surface area contributed by atoms with Crippen LogP contribution in [0.3, 0.4) is 0 Å². The summed E-state index contributed by atoms with van der Waals surface area (Å²) in [6, 6.07) is 15.4. The monoisotopic (exact) mass is 429 g/mol. The minimum atomic E-state index is -3.58. The molecule has 0 saturated carbocycles. The molecule has 2 N–H and O–H groups in total. The van der Waals surface area contributed by atoms with Crippen molar-refractivity contribution >= 4 is 27.5 Å². The third-order valence-electron chi connectivity index (χ3n) is 5.17. The fourth-order valence-electron chi connectivity index (χ4n) is 3.65. The molecule has 7 nitrogen and oxygen atoms in total. The molecule has 0 radical (unpaired) electrons. The summed E-state index contributed by atoms with van der Waals surface area (Å²) in [6.07, 6.45) is 2.94. The molecule has 30 heavy (non-hydrogen) atoms. The summed E-state index contributed by atoms with van der Waals surface area (Å²) in [5.74, 6) is -1.47. The molecule has 1 aliphatic rings. The van der Waals surface area contributed by atoms with Gasteiger partial charge in [-0.1, -0.05) is 36.8 Å². The van der Waals surface area contributed by atoms with Gasteiger partial charge in [0.15, 0.2) is 0 Å². The third-order valence-corrected chi connectivity index (χ3v) is 7.13. The number of hydrogen-bond donors (Lipinski definition) is 2. The Labute approximate surface area is 177 Å². The van der Waals surface area contributed by atoms with Crippen LogP contribution in [-0.4, -0.2) is 43.7 Å². The van der Waals surface area contributed by atoms with Gasteiger partial charge in [0, 0.05) is 24.8 Å². The van der Waals surface area contributed by atoms with Gasteiger partial charge >= 0.3 is 11.8 Å². The Morgan fingerprint density at radius 2 is 1.80 bits per heavy atom. The van der Waals surface area contributed by atoms with E-state index >= 15 is 0 Å². The molecule has 0 bridgehead atoms. The Bertz CT molecular complexity index is 992. The highest BCUT2D eigenvalue weighted by Crippen LogP contribution is 2.26. The van der Waals surface area contributed by atoms with Crippen molar-refractivity contribution in [3.05, 3.63) is 60.2 Å². The first-order chi connectivity index (χ1) is 14.4. The molecule has 160 valence electrons. The molecule has 0 aromatic heterocycles. The molecule has 3 rings (SSSR count).